The highest BCUT2D eigenvalue weighted by molar-refractivity contribution is 6.28. The Labute approximate surface area is 176 Å². The Morgan fingerprint density at radius 3 is 2.00 bits per heavy atom. The van der Waals surface area contributed by atoms with Crippen molar-refractivity contribution in [1.82, 2.24) is 0 Å². The Balaban J connectivity index is 1.82. The first-order chi connectivity index (χ1) is 14.4. The lowest BCUT2D eigenvalue weighted by Crippen LogP contribution is -2.29. The van der Waals surface area contributed by atoms with E-state index in [9.17, 15) is 9.59 Å². The molecule has 1 aliphatic heterocycles. The summed E-state index contributed by atoms with van der Waals surface area (Å²) in [6.07, 6.45) is 2.56. The molecule has 1 aliphatic rings. The van der Waals surface area contributed by atoms with Gasteiger partial charge in [0.1, 0.15) is 11.5 Å². The molecule has 4 heteroatoms. The molecule has 3 aromatic carbocycles. The standard InChI is InChI=1S/C26H23NO3/c1-16-17(2)19(4)26(25(18(16)3)20-9-6-5-7-10-20)30-22-12-8-11-21(15-22)27-23(28)13-14-24(27)29/h5-15H,1-4H3. The average Bonchev–Trinajstić information content (AvgIpc) is 3.09. The maximum Gasteiger partial charge on any atom is 0.258 e. The minimum atomic E-state index is -0.347. The first-order valence-corrected chi connectivity index (χ1v) is 9.88. The van der Waals surface area contributed by atoms with Crippen LogP contribution in [0.1, 0.15) is 22.3 Å². The number of amides is 2. The van der Waals surface area contributed by atoms with Crippen LogP contribution in [0.4, 0.5) is 5.69 Å². The SMILES string of the molecule is Cc1c(C)c(C)c(-c2ccccc2)c(Oc2cccc(N3C(=O)C=CC3=O)c2)c1C. The van der Waals surface area contributed by atoms with E-state index < -0.39 is 0 Å². The Hall–Kier alpha value is -3.66. The number of rotatable bonds is 4. The summed E-state index contributed by atoms with van der Waals surface area (Å²) >= 11 is 0. The molecule has 0 unspecified atom stereocenters. The van der Waals surface area contributed by atoms with Crippen LogP contribution in [0.2, 0.25) is 0 Å². The molecule has 2 amide bonds. The summed E-state index contributed by atoms with van der Waals surface area (Å²) in [4.78, 5) is 25.2. The second kappa shape index (κ2) is 7.64. The molecule has 0 atom stereocenters. The minimum absolute atomic E-state index is 0.347. The van der Waals surface area contributed by atoms with Crippen molar-refractivity contribution in [2.24, 2.45) is 0 Å². The second-order valence-corrected chi connectivity index (χ2v) is 7.51. The molecular formula is C26H23NO3. The van der Waals surface area contributed by atoms with Crippen LogP contribution in [-0.2, 0) is 9.59 Å². The van der Waals surface area contributed by atoms with E-state index in [1.165, 1.54) is 28.8 Å². The molecule has 0 aromatic heterocycles. The summed E-state index contributed by atoms with van der Waals surface area (Å²) in [5.41, 5.74) is 7.30. The van der Waals surface area contributed by atoms with Crippen molar-refractivity contribution >= 4 is 17.5 Å². The second-order valence-electron chi connectivity index (χ2n) is 7.51. The van der Waals surface area contributed by atoms with Gasteiger partial charge in [-0.1, -0.05) is 36.4 Å². The van der Waals surface area contributed by atoms with E-state index >= 15 is 0 Å². The van der Waals surface area contributed by atoms with Crippen molar-refractivity contribution in [3.63, 3.8) is 0 Å². The zero-order chi connectivity index (χ0) is 21.4. The summed E-state index contributed by atoms with van der Waals surface area (Å²) in [5.74, 6) is 0.666. The smallest absolute Gasteiger partial charge is 0.258 e. The summed E-state index contributed by atoms with van der Waals surface area (Å²) in [5, 5.41) is 0. The van der Waals surface area contributed by atoms with Crippen LogP contribution in [-0.4, -0.2) is 11.8 Å². The Morgan fingerprint density at radius 2 is 1.33 bits per heavy atom. The third-order valence-corrected chi connectivity index (χ3v) is 5.80. The van der Waals surface area contributed by atoms with E-state index in [0.717, 1.165) is 27.3 Å². The van der Waals surface area contributed by atoms with Crippen LogP contribution >= 0.6 is 0 Å². The van der Waals surface area contributed by atoms with Crippen LogP contribution in [0.5, 0.6) is 11.5 Å². The fraction of sp³-hybridized carbons (Fsp3) is 0.154. The number of carbonyl (C=O) groups excluding carboxylic acids is 2. The third kappa shape index (κ3) is 3.30. The molecule has 150 valence electrons. The predicted molar refractivity (Wildman–Crippen MR) is 119 cm³/mol. The van der Waals surface area contributed by atoms with Gasteiger partial charge in [0.2, 0.25) is 0 Å². The van der Waals surface area contributed by atoms with Crippen LogP contribution < -0.4 is 9.64 Å². The lowest BCUT2D eigenvalue weighted by Gasteiger charge is -2.22. The quantitative estimate of drug-likeness (QED) is 0.522. The van der Waals surface area contributed by atoms with E-state index in [2.05, 4.69) is 39.8 Å². The maximum atomic E-state index is 12.1. The van der Waals surface area contributed by atoms with Gasteiger partial charge in [-0.3, -0.25) is 9.59 Å². The molecule has 4 nitrogen and oxygen atoms in total. The molecule has 0 N–H and O–H groups in total. The van der Waals surface area contributed by atoms with Gasteiger partial charge in [-0.05, 0) is 67.6 Å². The molecule has 0 saturated heterocycles. The van der Waals surface area contributed by atoms with Crippen LogP contribution in [0.25, 0.3) is 11.1 Å². The van der Waals surface area contributed by atoms with Gasteiger partial charge in [0.25, 0.3) is 11.8 Å². The van der Waals surface area contributed by atoms with Gasteiger partial charge in [-0.15, -0.1) is 0 Å². The molecule has 4 rings (SSSR count). The predicted octanol–water partition coefficient (Wildman–Crippen LogP) is 5.81. The van der Waals surface area contributed by atoms with Crippen LogP contribution in [0.15, 0.2) is 66.7 Å². The van der Waals surface area contributed by atoms with Gasteiger partial charge in [0.05, 0.1) is 5.69 Å². The van der Waals surface area contributed by atoms with Crippen molar-refractivity contribution in [1.29, 1.82) is 0 Å². The molecule has 1 heterocycles. The average molecular weight is 397 g/mol. The molecule has 0 saturated carbocycles. The van der Waals surface area contributed by atoms with Gasteiger partial charge in [-0.2, -0.15) is 0 Å². The number of carbonyl (C=O) groups is 2. The van der Waals surface area contributed by atoms with E-state index in [1.54, 1.807) is 18.2 Å². The van der Waals surface area contributed by atoms with Crippen molar-refractivity contribution in [2.75, 3.05) is 4.90 Å². The zero-order valence-corrected chi connectivity index (χ0v) is 17.5. The lowest BCUT2D eigenvalue weighted by molar-refractivity contribution is -0.119. The summed E-state index contributed by atoms with van der Waals surface area (Å²) in [7, 11) is 0. The zero-order valence-electron chi connectivity index (χ0n) is 17.5. The Bertz CT molecular complexity index is 1170. The van der Waals surface area contributed by atoms with Crippen molar-refractivity contribution in [3.05, 3.63) is 89.0 Å². The largest absolute Gasteiger partial charge is 0.456 e. The normalized spacial score (nSPS) is 13.3. The lowest BCUT2D eigenvalue weighted by atomic mass is 9.89. The van der Waals surface area contributed by atoms with Crippen molar-refractivity contribution < 1.29 is 14.3 Å². The Morgan fingerprint density at radius 1 is 0.700 bits per heavy atom. The number of nitrogens with zero attached hydrogens (tertiary/aromatic N) is 1. The molecule has 0 radical (unpaired) electrons. The third-order valence-electron chi connectivity index (χ3n) is 5.80. The maximum absolute atomic E-state index is 12.1. The molecular weight excluding hydrogens is 374 g/mol. The topological polar surface area (TPSA) is 46.6 Å². The number of imide groups is 1. The van der Waals surface area contributed by atoms with Gasteiger partial charge in [-0.25, -0.2) is 4.90 Å². The first-order valence-electron chi connectivity index (χ1n) is 9.88. The van der Waals surface area contributed by atoms with Gasteiger partial charge in [0.15, 0.2) is 0 Å². The molecule has 0 spiro atoms. The van der Waals surface area contributed by atoms with Crippen LogP contribution in [0, 0.1) is 27.7 Å². The van der Waals surface area contributed by atoms with Crippen LogP contribution in [0.3, 0.4) is 0 Å². The fourth-order valence-corrected chi connectivity index (χ4v) is 3.82. The number of anilines is 1. The molecule has 0 bridgehead atoms. The van der Waals surface area contributed by atoms with E-state index in [0.29, 0.717) is 11.4 Å². The van der Waals surface area contributed by atoms with E-state index in [1.807, 2.05) is 24.3 Å². The number of hydrogen-bond acceptors (Lipinski definition) is 3. The molecule has 0 fully saturated rings. The summed E-state index contributed by atoms with van der Waals surface area (Å²) in [6, 6.07) is 17.3. The highest BCUT2D eigenvalue weighted by atomic mass is 16.5. The van der Waals surface area contributed by atoms with Crippen molar-refractivity contribution in [3.8, 4) is 22.6 Å². The van der Waals surface area contributed by atoms with E-state index in [4.69, 9.17) is 4.74 Å². The molecule has 0 aliphatic carbocycles. The highest BCUT2D eigenvalue weighted by Gasteiger charge is 2.25. The number of hydrogen-bond donors (Lipinski definition) is 0. The molecule has 3 aromatic rings. The summed E-state index contributed by atoms with van der Waals surface area (Å²) in [6.45, 7) is 8.40. The number of ether oxygens (including phenoxy) is 1. The Kier molecular flexibility index (Phi) is 5.00. The van der Waals surface area contributed by atoms with Gasteiger partial charge < -0.3 is 4.74 Å². The van der Waals surface area contributed by atoms with Gasteiger partial charge in [0, 0.05) is 23.8 Å². The first kappa shape index (κ1) is 19.6. The van der Waals surface area contributed by atoms with E-state index in [-0.39, 0.29) is 11.8 Å². The van der Waals surface area contributed by atoms with Gasteiger partial charge >= 0.3 is 0 Å². The summed E-state index contributed by atoms with van der Waals surface area (Å²) < 4.78 is 6.41. The fourth-order valence-electron chi connectivity index (χ4n) is 3.82. The van der Waals surface area contributed by atoms with Crippen molar-refractivity contribution in [2.45, 2.75) is 27.7 Å². The number of benzene rings is 3. The monoisotopic (exact) mass is 397 g/mol. The minimum Gasteiger partial charge on any atom is -0.456 e. The molecule has 30 heavy (non-hydrogen) atoms. The highest BCUT2D eigenvalue weighted by Crippen LogP contribution is 2.42.